The lowest BCUT2D eigenvalue weighted by molar-refractivity contribution is 0.128. The molecule has 0 amide bonds. The van der Waals surface area contributed by atoms with Crippen molar-refractivity contribution in [1.29, 1.82) is 0 Å². The van der Waals surface area contributed by atoms with Gasteiger partial charge in [0.2, 0.25) is 0 Å². The van der Waals surface area contributed by atoms with E-state index in [0.29, 0.717) is 12.0 Å². The largest absolute Gasteiger partial charge is 0.381 e. The summed E-state index contributed by atoms with van der Waals surface area (Å²) in [7, 11) is 0. The van der Waals surface area contributed by atoms with Gasteiger partial charge in [-0.3, -0.25) is 4.90 Å². The number of anilines is 1. The highest BCUT2D eigenvalue weighted by molar-refractivity contribution is 5.45. The lowest BCUT2D eigenvalue weighted by Crippen LogP contribution is -2.46. The Morgan fingerprint density at radius 1 is 1.00 bits per heavy atom. The zero-order valence-corrected chi connectivity index (χ0v) is 15.5. The molecule has 2 N–H and O–H groups in total. The highest BCUT2D eigenvalue weighted by atomic mass is 15.2. The molecule has 3 heteroatoms. The van der Waals surface area contributed by atoms with E-state index in [0.717, 1.165) is 32.7 Å². The first-order valence-corrected chi connectivity index (χ1v) is 9.60. The lowest BCUT2D eigenvalue weighted by atomic mass is 9.90. The number of piperazine rings is 1. The molecule has 1 heterocycles. The number of nitrogens with one attached hydrogen (secondary N) is 2. The summed E-state index contributed by atoms with van der Waals surface area (Å²) in [6, 6.07) is 20.2. The maximum absolute atomic E-state index is 3.53. The van der Waals surface area contributed by atoms with E-state index in [-0.39, 0.29) is 0 Å². The van der Waals surface area contributed by atoms with Crippen LogP contribution in [0.2, 0.25) is 0 Å². The van der Waals surface area contributed by atoms with E-state index in [4.69, 9.17) is 0 Å². The molecule has 2 aromatic carbocycles. The molecule has 1 saturated heterocycles. The van der Waals surface area contributed by atoms with Crippen LogP contribution in [0, 0.1) is 5.92 Å². The van der Waals surface area contributed by atoms with Gasteiger partial charge in [0.15, 0.2) is 0 Å². The van der Waals surface area contributed by atoms with Gasteiger partial charge in [0.25, 0.3) is 0 Å². The van der Waals surface area contributed by atoms with Crippen molar-refractivity contribution in [1.82, 2.24) is 10.2 Å². The Labute approximate surface area is 152 Å². The molecular weight excluding hydrogens is 306 g/mol. The topological polar surface area (TPSA) is 27.3 Å². The quantitative estimate of drug-likeness (QED) is 0.789. The minimum Gasteiger partial charge on any atom is -0.381 e. The number of hydrogen-bond acceptors (Lipinski definition) is 3. The minimum atomic E-state index is 0.523. The summed E-state index contributed by atoms with van der Waals surface area (Å²) in [5, 5.41) is 6.99. The lowest BCUT2D eigenvalue weighted by Gasteiger charge is -2.38. The molecule has 134 valence electrons. The molecule has 25 heavy (non-hydrogen) atoms. The van der Waals surface area contributed by atoms with Crippen molar-refractivity contribution < 1.29 is 0 Å². The molecule has 1 unspecified atom stereocenters. The highest BCUT2D eigenvalue weighted by Crippen LogP contribution is 2.31. The van der Waals surface area contributed by atoms with Gasteiger partial charge in [-0.1, -0.05) is 62.7 Å². The van der Waals surface area contributed by atoms with E-state index in [2.05, 4.69) is 84.0 Å². The van der Waals surface area contributed by atoms with Crippen molar-refractivity contribution >= 4 is 5.69 Å². The fourth-order valence-corrected chi connectivity index (χ4v) is 3.68. The molecule has 1 fully saturated rings. The standard InChI is InChI=1S/C22H31N3/c1-3-18(2)22(25-15-13-23-14-16-25)20-9-11-21(12-10-20)24-17-19-7-5-4-6-8-19/h4-12,18,22-24H,3,13-17H2,1-2H3/t18?,22-/m0/s1. The third-order valence-corrected chi connectivity index (χ3v) is 5.32. The predicted octanol–water partition coefficient (Wildman–Crippen LogP) is 4.29. The minimum absolute atomic E-state index is 0.523. The van der Waals surface area contributed by atoms with Gasteiger partial charge in [0, 0.05) is 44.5 Å². The Kier molecular flexibility index (Phi) is 6.48. The highest BCUT2D eigenvalue weighted by Gasteiger charge is 2.26. The number of nitrogens with zero attached hydrogens (tertiary/aromatic N) is 1. The van der Waals surface area contributed by atoms with Gasteiger partial charge in [0.05, 0.1) is 0 Å². The first-order valence-electron chi connectivity index (χ1n) is 9.60. The Morgan fingerprint density at radius 2 is 1.68 bits per heavy atom. The van der Waals surface area contributed by atoms with Crippen molar-refractivity contribution in [2.75, 3.05) is 31.5 Å². The van der Waals surface area contributed by atoms with Crippen LogP contribution >= 0.6 is 0 Å². The Morgan fingerprint density at radius 3 is 2.32 bits per heavy atom. The molecule has 1 aliphatic heterocycles. The van der Waals surface area contributed by atoms with Gasteiger partial charge >= 0.3 is 0 Å². The number of hydrogen-bond donors (Lipinski definition) is 2. The Bertz CT molecular complexity index is 617. The molecule has 2 atom stereocenters. The normalized spacial score (nSPS) is 17.8. The summed E-state index contributed by atoms with van der Waals surface area (Å²) in [6.07, 6.45) is 1.21. The fourth-order valence-electron chi connectivity index (χ4n) is 3.68. The van der Waals surface area contributed by atoms with E-state index in [1.165, 1.54) is 23.2 Å². The van der Waals surface area contributed by atoms with Crippen molar-refractivity contribution in [2.24, 2.45) is 5.92 Å². The van der Waals surface area contributed by atoms with Crippen LogP contribution in [0.3, 0.4) is 0 Å². The molecule has 0 spiro atoms. The summed E-state index contributed by atoms with van der Waals surface area (Å²) in [5.41, 5.74) is 3.95. The average Bonchev–Trinajstić information content (AvgIpc) is 2.69. The molecule has 2 aromatic rings. The first-order chi connectivity index (χ1) is 12.3. The maximum atomic E-state index is 3.53. The van der Waals surface area contributed by atoms with E-state index in [1.54, 1.807) is 0 Å². The monoisotopic (exact) mass is 337 g/mol. The van der Waals surface area contributed by atoms with Crippen LogP contribution in [0.15, 0.2) is 54.6 Å². The first kappa shape index (κ1) is 18.0. The molecular formula is C22H31N3. The molecule has 3 rings (SSSR count). The van der Waals surface area contributed by atoms with E-state index in [1.807, 2.05) is 0 Å². The molecule has 0 radical (unpaired) electrons. The van der Waals surface area contributed by atoms with Crippen molar-refractivity contribution in [3.63, 3.8) is 0 Å². The van der Waals surface area contributed by atoms with E-state index >= 15 is 0 Å². The van der Waals surface area contributed by atoms with E-state index in [9.17, 15) is 0 Å². The summed E-state index contributed by atoms with van der Waals surface area (Å²) in [6.45, 7) is 10.0. The van der Waals surface area contributed by atoms with Gasteiger partial charge in [-0.15, -0.1) is 0 Å². The van der Waals surface area contributed by atoms with Gasteiger partial charge < -0.3 is 10.6 Å². The molecule has 0 bridgehead atoms. The molecule has 3 nitrogen and oxygen atoms in total. The van der Waals surface area contributed by atoms with Crippen LogP contribution in [0.5, 0.6) is 0 Å². The van der Waals surface area contributed by atoms with Crippen LogP contribution in [-0.4, -0.2) is 31.1 Å². The van der Waals surface area contributed by atoms with Crippen molar-refractivity contribution in [3.8, 4) is 0 Å². The summed E-state index contributed by atoms with van der Waals surface area (Å²) >= 11 is 0. The fraction of sp³-hybridized carbons (Fsp3) is 0.455. The Hall–Kier alpha value is -1.84. The Balaban J connectivity index is 1.67. The van der Waals surface area contributed by atoms with Gasteiger partial charge in [-0.2, -0.15) is 0 Å². The second-order valence-electron chi connectivity index (χ2n) is 7.08. The second-order valence-corrected chi connectivity index (χ2v) is 7.08. The summed E-state index contributed by atoms with van der Waals surface area (Å²) in [5.74, 6) is 0.668. The van der Waals surface area contributed by atoms with Gasteiger partial charge in [-0.05, 0) is 29.2 Å². The van der Waals surface area contributed by atoms with Crippen LogP contribution in [0.1, 0.15) is 37.4 Å². The average molecular weight is 338 g/mol. The molecule has 1 aliphatic rings. The number of rotatable bonds is 7. The van der Waals surface area contributed by atoms with E-state index < -0.39 is 0 Å². The van der Waals surface area contributed by atoms with Gasteiger partial charge in [-0.25, -0.2) is 0 Å². The second kappa shape index (κ2) is 9.02. The molecule has 0 aromatic heterocycles. The van der Waals surface area contributed by atoms with Crippen molar-refractivity contribution in [3.05, 3.63) is 65.7 Å². The smallest absolute Gasteiger partial charge is 0.0400 e. The maximum Gasteiger partial charge on any atom is 0.0400 e. The zero-order valence-electron chi connectivity index (χ0n) is 15.5. The van der Waals surface area contributed by atoms with Crippen LogP contribution in [0.25, 0.3) is 0 Å². The van der Waals surface area contributed by atoms with Crippen LogP contribution < -0.4 is 10.6 Å². The van der Waals surface area contributed by atoms with Crippen LogP contribution in [-0.2, 0) is 6.54 Å². The zero-order chi connectivity index (χ0) is 17.5. The third kappa shape index (κ3) is 4.83. The predicted molar refractivity (Wildman–Crippen MR) is 107 cm³/mol. The summed E-state index contributed by atoms with van der Waals surface area (Å²) in [4.78, 5) is 2.65. The van der Waals surface area contributed by atoms with Gasteiger partial charge in [0.1, 0.15) is 0 Å². The third-order valence-electron chi connectivity index (χ3n) is 5.32. The molecule has 0 saturated carbocycles. The molecule has 0 aliphatic carbocycles. The number of benzene rings is 2. The van der Waals surface area contributed by atoms with Crippen molar-refractivity contribution in [2.45, 2.75) is 32.9 Å². The SMILES string of the molecule is CCC(C)[C@@H](c1ccc(NCc2ccccc2)cc1)N1CCNCC1. The van der Waals surface area contributed by atoms with Crippen LogP contribution in [0.4, 0.5) is 5.69 Å². The summed E-state index contributed by atoms with van der Waals surface area (Å²) < 4.78 is 0.